The van der Waals surface area contributed by atoms with Gasteiger partial charge in [-0.25, -0.2) is 9.97 Å². The fourth-order valence-corrected chi connectivity index (χ4v) is 6.65. The molecule has 11 nitrogen and oxygen atoms in total. The molecule has 0 aliphatic carbocycles. The number of ether oxygens (including phenoxy) is 3. The lowest BCUT2D eigenvalue weighted by atomic mass is 9.80. The Morgan fingerprint density at radius 3 is 2.60 bits per heavy atom. The van der Waals surface area contributed by atoms with Crippen LogP contribution in [0.2, 0.25) is 5.02 Å². The van der Waals surface area contributed by atoms with E-state index in [2.05, 4.69) is 19.8 Å². The number of aromatic nitrogens is 2. The SMILES string of the molecule is C[C@]1(C(N)=O)COc2c1cc([C@@](O)(CNC(=O)c1ccc3nc(N)sc3c1)c1ccccc1)nc2-c1ccc2c(c1Cl)OC(F)(F)O2. The predicted molar refractivity (Wildman–Crippen MR) is 169 cm³/mol. The maximum absolute atomic E-state index is 13.9. The van der Waals surface area contributed by atoms with Crippen molar-refractivity contribution in [2.24, 2.45) is 5.73 Å². The van der Waals surface area contributed by atoms with Crippen molar-refractivity contribution in [1.82, 2.24) is 15.3 Å². The number of anilines is 1. The van der Waals surface area contributed by atoms with Gasteiger partial charge in [0.25, 0.3) is 5.91 Å². The number of hydrogen-bond donors (Lipinski definition) is 4. The summed E-state index contributed by atoms with van der Waals surface area (Å²) in [6.07, 6.45) is -3.94. The first-order valence-electron chi connectivity index (χ1n) is 14.1. The molecule has 2 amide bonds. The number of fused-ring (bicyclic) bond motifs is 3. The molecule has 2 aliphatic rings. The summed E-state index contributed by atoms with van der Waals surface area (Å²) in [5, 5.41) is 15.4. The topological polar surface area (TPSA) is 172 Å². The minimum absolute atomic E-state index is 0.0135. The lowest BCUT2D eigenvalue weighted by Gasteiger charge is -2.30. The van der Waals surface area contributed by atoms with Crippen molar-refractivity contribution in [3.05, 3.63) is 94.1 Å². The number of primary amides is 1. The summed E-state index contributed by atoms with van der Waals surface area (Å²) in [5.41, 5.74) is 9.93. The molecule has 0 saturated carbocycles. The van der Waals surface area contributed by atoms with Gasteiger partial charge in [0, 0.05) is 16.7 Å². The molecule has 4 heterocycles. The molecule has 240 valence electrons. The zero-order valence-corrected chi connectivity index (χ0v) is 25.9. The largest absolute Gasteiger partial charge is 0.586 e. The lowest BCUT2D eigenvalue weighted by molar-refractivity contribution is -0.286. The number of nitrogens with one attached hydrogen (secondary N) is 1. The van der Waals surface area contributed by atoms with E-state index in [-0.39, 0.29) is 52.2 Å². The third kappa shape index (κ3) is 5.05. The predicted octanol–water partition coefficient (Wildman–Crippen LogP) is 4.72. The molecule has 2 aromatic heterocycles. The quantitative estimate of drug-likeness (QED) is 0.190. The highest BCUT2D eigenvalue weighted by atomic mass is 35.5. The molecule has 15 heteroatoms. The fraction of sp³-hybridized carbons (Fsp3) is 0.188. The molecule has 3 aromatic carbocycles. The Hall–Kier alpha value is -5.05. The first kappa shape index (κ1) is 30.6. The van der Waals surface area contributed by atoms with Gasteiger partial charge in [0.1, 0.15) is 29.1 Å². The molecule has 0 bridgehead atoms. The first-order chi connectivity index (χ1) is 22.3. The average molecular weight is 680 g/mol. The van der Waals surface area contributed by atoms with E-state index in [1.54, 1.807) is 55.5 Å². The Morgan fingerprint density at radius 1 is 1.09 bits per heavy atom. The van der Waals surface area contributed by atoms with Crippen LogP contribution in [-0.4, -0.2) is 46.3 Å². The normalized spacial score (nSPS) is 18.7. The highest BCUT2D eigenvalue weighted by Crippen LogP contribution is 2.52. The number of amides is 2. The molecule has 0 saturated heterocycles. The van der Waals surface area contributed by atoms with Crippen LogP contribution < -0.4 is 31.0 Å². The van der Waals surface area contributed by atoms with Crippen LogP contribution in [0.3, 0.4) is 0 Å². The van der Waals surface area contributed by atoms with Gasteiger partial charge >= 0.3 is 6.29 Å². The van der Waals surface area contributed by atoms with Gasteiger partial charge in [-0.2, -0.15) is 0 Å². The summed E-state index contributed by atoms with van der Waals surface area (Å²) in [6, 6.07) is 17.4. The number of thiazole rings is 1. The van der Waals surface area contributed by atoms with Gasteiger partial charge in [-0.1, -0.05) is 53.3 Å². The third-order valence-corrected chi connectivity index (χ3v) is 9.45. The van der Waals surface area contributed by atoms with Crippen molar-refractivity contribution in [2.45, 2.75) is 24.2 Å². The van der Waals surface area contributed by atoms with Crippen LogP contribution in [0.15, 0.2) is 66.7 Å². The van der Waals surface area contributed by atoms with Crippen LogP contribution in [-0.2, 0) is 15.8 Å². The van der Waals surface area contributed by atoms with E-state index >= 15 is 0 Å². The average Bonchev–Trinajstić information content (AvgIpc) is 3.71. The summed E-state index contributed by atoms with van der Waals surface area (Å²) in [4.78, 5) is 35.1. The van der Waals surface area contributed by atoms with Crippen LogP contribution in [0.25, 0.3) is 21.5 Å². The van der Waals surface area contributed by atoms with E-state index in [1.165, 1.54) is 29.5 Å². The Morgan fingerprint density at radius 2 is 1.85 bits per heavy atom. The molecule has 5 aromatic rings. The standard InChI is InChI=1S/C32H24ClF2N5O6S/c1-30(28(36)42)14-44-25-18(30)12-22(40-24(25)17-8-10-20-26(23(17)33)46-32(34,35)45-20)31(43,16-5-3-2-4-6-16)13-38-27(41)15-7-9-19-21(11-15)47-29(37)39-19/h2-12,43H,13-14H2,1H3,(H2,36,42)(H2,37,39)(H,38,41)/t30-,31+/m0/s1. The number of carbonyl (C=O) groups excluding carboxylic acids is 2. The van der Waals surface area contributed by atoms with Crippen molar-refractivity contribution in [3.8, 4) is 28.5 Å². The van der Waals surface area contributed by atoms with E-state index < -0.39 is 34.9 Å². The van der Waals surface area contributed by atoms with E-state index in [0.717, 1.165) is 0 Å². The van der Waals surface area contributed by atoms with E-state index in [4.69, 9.17) is 32.8 Å². The second-order valence-electron chi connectivity index (χ2n) is 11.3. The number of halogens is 3. The molecular formula is C32H24ClF2N5O6S. The summed E-state index contributed by atoms with van der Waals surface area (Å²) in [6.45, 7) is 1.03. The summed E-state index contributed by atoms with van der Waals surface area (Å²) in [5.74, 6) is -1.82. The van der Waals surface area contributed by atoms with Crippen LogP contribution in [0.5, 0.6) is 17.2 Å². The second-order valence-corrected chi connectivity index (χ2v) is 12.7. The number of nitrogens with zero attached hydrogens (tertiary/aromatic N) is 2. The highest BCUT2D eigenvalue weighted by Gasteiger charge is 2.48. The second kappa shape index (κ2) is 10.8. The number of aliphatic hydroxyl groups is 1. The molecule has 6 N–H and O–H groups in total. The monoisotopic (exact) mass is 679 g/mol. The zero-order valence-electron chi connectivity index (χ0n) is 24.3. The smallest absolute Gasteiger partial charge is 0.489 e. The third-order valence-electron chi connectivity index (χ3n) is 8.23. The number of pyridine rings is 1. The van der Waals surface area contributed by atoms with E-state index in [0.29, 0.717) is 26.5 Å². The molecule has 7 rings (SSSR count). The summed E-state index contributed by atoms with van der Waals surface area (Å²) in [7, 11) is 0. The van der Waals surface area contributed by atoms with Crippen LogP contribution in [0.4, 0.5) is 13.9 Å². The fourth-order valence-electron chi connectivity index (χ4n) is 5.59. The molecule has 2 atom stereocenters. The van der Waals surface area contributed by atoms with Gasteiger partial charge in [-0.15, -0.1) is 8.78 Å². The Kier molecular flexibility index (Phi) is 7.00. The summed E-state index contributed by atoms with van der Waals surface area (Å²) >= 11 is 7.82. The number of rotatable bonds is 7. The number of nitrogen functional groups attached to an aromatic ring is 1. The number of hydrogen-bond acceptors (Lipinski definition) is 10. The number of benzene rings is 3. The molecule has 0 fully saturated rings. The van der Waals surface area contributed by atoms with Gasteiger partial charge in [0.05, 0.1) is 27.5 Å². The number of nitrogens with two attached hydrogens (primary N) is 2. The van der Waals surface area contributed by atoms with Crippen molar-refractivity contribution in [1.29, 1.82) is 0 Å². The molecule has 0 spiro atoms. The minimum atomic E-state index is -3.94. The maximum Gasteiger partial charge on any atom is 0.586 e. The molecule has 2 aliphatic heterocycles. The van der Waals surface area contributed by atoms with Crippen LogP contribution in [0.1, 0.15) is 34.1 Å². The molecule has 0 unspecified atom stereocenters. The Labute approximate surface area is 274 Å². The Balaban J connectivity index is 1.36. The van der Waals surface area contributed by atoms with E-state index in [1.807, 2.05) is 0 Å². The summed E-state index contributed by atoms with van der Waals surface area (Å²) < 4.78 is 43.7. The minimum Gasteiger partial charge on any atom is -0.489 e. The van der Waals surface area contributed by atoms with Crippen molar-refractivity contribution >= 4 is 50.1 Å². The van der Waals surface area contributed by atoms with Gasteiger partial charge in [-0.05, 0) is 48.9 Å². The zero-order chi connectivity index (χ0) is 33.3. The van der Waals surface area contributed by atoms with Crippen molar-refractivity contribution < 1.29 is 37.7 Å². The van der Waals surface area contributed by atoms with Gasteiger partial charge in [0.15, 0.2) is 16.6 Å². The Bertz CT molecular complexity index is 2120. The van der Waals surface area contributed by atoms with Crippen LogP contribution >= 0.6 is 22.9 Å². The lowest BCUT2D eigenvalue weighted by Crippen LogP contribution is -2.43. The maximum atomic E-state index is 13.9. The van der Waals surface area contributed by atoms with E-state index in [9.17, 15) is 23.5 Å². The number of alkyl halides is 2. The van der Waals surface area contributed by atoms with Crippen LogP contribution in [0, 0.1) is 0 Å². The molecule has 47 heavy (non-hydrogen) atoms. The van der Waals surface area contributed by atoms with Crippen molar-refractivity contribution in [2.75, 3.05) is 18.9 Å². The highest BCUT2D eigenvalue weighted by molar-refractivity contribution is 7.22. The van der Waals surface area contributed by atoms with Gasteiger partial charge in [0.2, 0.25) is 5.91 Å². The molecule has 0 radical (unpaired) electrons. The van der Waals surface area contributed by atoms with Gasteiger partial charge in [-0.3, -0.25) is 9.59 Å². The number of carbonyl (C=O) groups is 2. The van der Waals surface area contributed by atoms with Gasteiger partial charge < -0.3 is 36.1 Å². The molecular weight excluding hydrogens is 656 g/mol. The van der Waals surface area contributed by atoms with Crippen molar-refractivity contribution in [3.63, 3.8) is 0 Å². The first-order valence-corrected chi connectivity index (χ1v) is 15.3.